The lowest BCUT2D eigenvalue weighted by Crippen LogP contribution is -2.44. The molecule has 1 saturated heterocycles. The van der Waals surface area contributed by atoms with Gasteiger partial charge in [0.15, 0.2) is 0 Å². The van der Waals surface area contributed by atoms with E-state index >= 15 is 0 Å². The third-order valence-electron chi connectivity index (χ3n) is 4.01. The van der Waals surface area contributed by atoms with Crippen molar-refractivity contribution in [2.24, 2.45) is 0 Å². The summed E-state index contributed by atoms with van der Waals surface area (Å²) in [5, 5.41) is 0. The van der Waals surface area contributed by atoms with Crippen molar-refractivity contribution in [2.45, 2.75) is 30.7 Å². The second-order valence-corrected chi connectivity index (χ2v) is 8.32. The standard InChI is InChI=1S/C14H21BrN2O2S.ClH/c1-11-10-13(4-5-14(11)15)20(18,19)17(3)12-6-8-16(2)9-7-12;/h4-5,10,12H,6-9H2,1-3H3;1H. The van der Waals surface area contributed by atoms with E-state index in [0.717, 1.165) is 36.0 Å². The van der Waals surface area contributed by atoms with Gasteiger partial charge in [0, 0.05) is 17.6 Å². The maximum Gasteiger partial charge on any atom is 0.243 e. The Morgan fingerprint density at radius 1 is 1.29 bits per heavy atom. The van der Waals surface area contributed by atoms with Gasteiger partial charge in [0.2, 0.25) is 10.0 Å². The van der Waals surface area contributed by atoms with E-state index in [1.165, 1.54) is 0 Å². The van der Waals surface area contributed by atoms with Gasteiger partial charge in [0.1, 0.15) is 0 Å². The second kappa shape index (κ2) is 7.42. The van der Waals surface area contributed by atoms with Gasteiger partial charge in [-0.25, -0.2) is 8.42 Å². The number of halogens is 2. The summed E-state index contributed by atoms with van der Waals surface area (Å²) < 4.78 is 27.8. The molecule has 1 aliphatic rings. The molecule has 2 rings (SSSR count). The van der Waals surface area contributed by atoms with Gasteiger partial charge in [-0.2, -0.15) is 4.31 Å². The molecule has 21 heavy (non-hydrogen) atoms. The molecule has 120 valence electrons. The van der Waals surface area contributed by atoms with Crippen LogP contribution in [0.2, 0.25) is 0 Å². The number of rotatable bonds is 3. The van der Waals surface area contributed by atoms with Crippen molar-refractivity contribution in [1.29, 1.82) is 0 Å². The van der Waals surface area contributed by atoms with Crippen molar-refractivity contribution >= 4 is 38.4 Å². The number of nitrogens with zero attached hydrogens (tertiary/aromatic N) is 2. The van der Waals surface area contributed by atoms with Gasteiger partial charge in [-0.15, -0.1) is 12.4 Å². The number of piperidine rings is 1. The molecule has 7 heteroatoms. The lowest BCUT2D eigenvalue weighted by molar-refractivity contribution is 0.197. The monoisotopic (exact) mass is 396 g/mol. The summed E-state index contributed by atoms with van der Waals surface area (Å²) >= 11 is 3.40. The minimum atomic E-state index is -3.40. The Morgan fingerprint density at radius 3 is 2.38 bits per heavy atom. The minimum Gasteiger partial charge on any atom is -0.306 e. The van der Waals surface area contributed by atoms with E-state index in [4.69, 9.17) is 0 Å². The van der Waals surface area contributed by atoms with Crippen molar-refractivity contribution in [3.8, 4) is 0 Å². The molecule has 1 heterocycles. The molecule has 0 spiro atoms. The minimum absolute atomic E-state index is 0. The first-order chi connectivity index (χ1) is 9.32. The molecule has 0 N–H and O–H groups in total. The summed E-state index contributed by atoms with van der Waals surface area (Å²) in [5.41, 5.74) is 0.933. The fourth-order valence-electron chi connectivity index (χ4n) is 2.50. The number of hydrogen-bond acceptors (Lipinski definition) is 3. The van der Waals surface area contributed by atoms with Gasteiger partial charge in [-0.05, 0) is 63.7 Å². The first kappa shape index (κ1) is 18.9. The molecule has 0 saturated carbocycles. The third-order valence-corrected chi connectivity index (χ3v) is 6.80. The lowest BCUT2D eigenvalue weighted by Gasteiger charge is -2.34. The van der Waals surface area contributed by atoms with Crippen LogP contribution in [-0.2, 0) is 10.0 Å². The Bertz CT molecular complexity index is 587. The number of hydrogen-bond donors (Lipinski definition) is 0. The van der Waals surface area contributed by atoms with Crippen LogP contribution in [-0.4, -0.2) is 50.8 Å². The zero-order valence-electron chi connectivity index (χ0n) is 12.5. The van der Waals surface area contributed by atoms with Crippen LogP contribution in [0.5, 0.6) is 0 Å². The third kappa shape index (κ3) is 4.20. The summed E-state index contributed by atoms with van der Waals surface area (Å²) in [7, 11) is 0.368. The second-order valence-electron chi connectivity index (χ2n) is 5.47. The fourth-order valence-corrected chi connectivity index (χ4v) is 4.25. The average Bonchev–Trinajstić information content (AvgIpc) is 2.41. The van der Waals surface area contributed by atoms with Crippen LogP contribution >= 0.6 is 28.3 Å². The summed E-state index contributed by atoms with van der Waals surface area (Å²) in [6, 6.07) is 5.29. The highest BCUT2D eigenvalue weighted by atomic mass is 79.9. The van der Waals surface area contributed by atoms with Crippen molar-refractivity contribution in [2.75, 3.05) is 27.2 Å². The predicted octanol–water partition coefficient (Wildman–Crippen LogP) is 2.89. The van der Waals surface area contributed by atoms with Crippen LogP contribution in [0.1, 0.15) is 18.4 Å². The first-order valence-electron chi connectivity index (χ1n) is 6.75. The lowest BCUT2D eigenvalue weighted by atomic mass is 10.1. The molecule has 0 atom stereocenters. The van der Waals surface area contributed by atoms with E-state index in [2.05, 4.69) is 27.9 Å². The van der Waals surface area contributed by atoms with Gasteiger partial charge in [-0.3, -0.25) is 0 Å². The molecule has 1 fully saturated rings. The van der Waals surface area contributed by atoms with Gasteiger partial charge >= 0.3 is 0 Å². The Morgan fingerprint density at radius 2 is 1.86 bits per heavy atom. The van der Waals surface area contributed by atoms with Gasteiger partial charge in [0.05, 0.1) is 4.90 Å². The number of sulfonamides is 1. The van der Waals surface area contributed by atoms with Crippen molar-refractivity contribution in [3.63, 3.8) is 0 Å². The number of aryl methyl sites for hydroxylation is 1. The Hall–Kier alpha value is -0.140. The average molecular weight is 398 g/mol. The summed E-state index contributed by atoms with van der Waals surface area (Å²) in [6.45, 7) is 3.80. The van der Waals surface area contributed by atoms with Crippen LogP contribution in [0.4, 0.5) is 0 Å². The normalized spacial score (nSPS) is 17.8. The summed E-state index contributed by atoms with van der Waals surface area (Å²) in [6.07, 6.45) is 1.78. The van der Waals surface area contributed by atoms with E-state index in [1.807, 2.05) is 6.92 Å². The zero-order chi connectivity index (χ0) is 14.9. The highest BCUT2D eigenvalue weighted by Crippen LogP contribution is 2.25. The maximum atomic E-state index is 12.7. The van der Waals surface area contributed by atoms with Crippen LogP contribution in [0.3, 0.4) is 0 Å². The highest BCUT2D eigenvalue weighted by molar-refractivity contribution is 9.10. The Kier molecular flexibility index (Phi) is 6.68. The van der Waals surface area contributed by atoms with Crippen LogP contribution in [0, 0.1) is 6.92 Å². The Balaban J connectivity index is 0.00000220. The molecule has 1 aromatic rings. The smallest absolute Gasteiger partial charge is 0.243 e. The van der Waals surface area contributed by atoms with Crippen molar-refractivity contribution in [3.05, 3.63) is 28.2 Å². The van der Waals surface area contributed by atoms with E-state index < -0.39 is 10.0 Å². The maximum absolute atomic E-state index is 12.7. The van der Waals surface area contributed by atoms with Crippen LogP contribution < -0.4 is 0 Å². The summed E-state index contributed by atoms with van der Waals surface area (Å²) in [5.74, 6) is 0. The molecule has 1 aromatic carbocycles. The van der Waals surface area contributed by atoms with Crippen LogP contribution in [0.25, 0.3) is 0 Å². The molecule has 0 amide bonds. The largest absolute Gasteiger partial charge is 0.306 e. The molecule has 0 unspecified atom stereocenters. The number of likely N-dealkylation sites (tertiary alicyclic amines) is 1. The molecule has 0 aromatic heterocycles. The topological polar surface area (TPSA) is 40.6 Å². The molecular weight excluding hydrogens is 376 g/mol. The molecule has 0 aliphatic carbocycles. The zero-order valence-corrected chi connectivity index (χ0v) is 15.8. The Labute approximate surface area is 142 Å². The quantitative estimate of drug-likeness (QED) is 0.787. The SMILES string of the molecule is Cc1cc(S(=O)(=O)N(C)C2CCN(C)CC2)ccc1Br.Cl. The predicted molar refractivity (Wildman–Crippen MR) is 91.6 cm³/mol. The van der Waals surface area contributed by atoms with Gasteiger partial charge in [-0.1, -0.05) is 15.9 Å². The molecular formula is C14H22BrClN2O2S. The highest BCUT2D eigenvalue weighted by Gasteiger charge is 2.30. The van der Waals surface area contributed by atoms with Crippen molar-refractivity contribution < 1.29 is 8.42 Å². The van der Waals surface area contributed by atoms with E-state index in [9.17, 15) is 8.42 Å². The molecule has 1 aliphatic heterocycles. The molecule has 0 bridgehead atoms. The molecule has 0 radical (unpaired) electrons. The van der Waals surface area contributed by atoms with Gasteiger partial charge in [0.25, 0.3) is 0 Å². The van der Waals surface area contributed by atoms with E-state index in [-0.39, 0.29) is 18.4 Å². The van der Waals surface area contributed by atoms with E-state index in [1.54, 1.807) is 29.6 Å². The van der Waals surface area contributed by atoms with Crippen LogP contribution in [0.15, 0.2) is 27.6 Å². The fraction of sp³-hybridized carbons (Fsp3) is 0.571. The first-order valence-corrected chi connectivity index (χ1v) is 8.98. The molecule has 4 nitrogen and oxygen atoms in total. The van der Waals surface area contributed by atoms with Crippen molar-refractivity contribution in [1.82, 2.24) is 9.21 Å². The van der Waals surface area contributed by atoms with E-state index in [0.29, 0.717) is 4.90 Å². The van der Waals surface area contributed by atoms with Gasteiger partial charge < -0.3 is 4.90 Å². The number of benzene rings is 1. The summed E-state index contributed by atoms with van der Waals surface area (Å²) in [4.78, 5) is 2.61.